The number of aliphatic hydroxyl groups is 1. The number of nitrogens with zero attached hydrogens (tertiary/aromatic N) is 2. The maximum Gasteiger partial charge on any atom is 0.213 e. The molecule has 0 aliphatic rings. The van der Waals surface area contributed by atoms with Gasteiger partial charge in [0.2, 0.25) is 5.88 Å². The fourth-order valence-corrected chi connectivity index (χ4v) is 0.922. The quantitative estimate of drug-likeness (QED) is 0.709. The minimum atomic E-state index is 0.185. The molecule has 1 rings (SSSR count). The van der Waals surface area contributed by atoms with Crippen LogP contribution in [-0.4, -0.2) is 23.3 Å². The molecule has 4 nitrogen and oxygen atoms in total. The highest BCUT2D eigenvalue weighted by Crippen LogP contribution is 2.07. The van der Waals surface area contributed by atoms with E-state index in [1.807, 2.05) is 6.07 Å². The third-order valence-electron chi connectivity index (χ3n) is 1.67. The molecule has 0 atom stereocenters. The van der Waals surface area contributed by atoms with Gasteiger partial charge in [-0.1, -0.05) is 0 Å². The van der Waals surface area contributed by atoms with E-state index in [9.17, 15) is 0 Å². The van der Waals surface area contributed by atoms with Gasteiger partial charge in [0.15, 0.2) is 0 Å². The van der Waals surface area contributed by atoms with Gasteiger partial charge < -0.3 is 9.84 Å². The smallest absolute Gasteiger partial charge is 0.213 e. The normalized spacial score (nSPS) is 9.43. The molecule has 0 aliphatic heterocycles. The van der Waals surface area contributed by atoms with Gasteiger partial charge in [0.05, 0.1) is 12.2 Å². The molecule has 0 aromatic carbocycles. The molecular formula is C10H12N2O2. The van der Waals surface area contributed by atoms with Crippen LogP contribution in [0.15, 0.2) is 18.3 Å². The van der Waals surface area contributed by atoms with Crippen molar-refractivity contribution in [1.82, 2.24) is 4.98 Å². The Labute approximate surface area is 82.8 Å². The summed E-state index contributed by atoms with van der Waals surface area (Å²) in [5.74, 6) is 0.516. The topological polar surface area (TPSA) is 66.1 Å². The van der Waals surface area contributed by atoms with Crippen molar-refractivity contribution in [3.05, 3.63) is 23.9 Å². The Balaban J connectivity index is 2.33. The summed E-state index contributed by atoms with van der Waals surface area (Å²) >= 11 is 0. The van der Waals surface area contributed by atoms with Gasteiger partial charge in [-0.2, -0.15) is 5.26 Å². The minimum Gasteiger partial charge on any atom is -0.478 e. The summed E-state index contributed by atoms with van der Waals surface area (Å²) < 4.78 is 5.28. The molecule has 0 saturated heterocycles. The molecule has 1 N–H and O–H groups in total. The van der Waals surface area contributed by atoms with Crippen LogP contribution in [0.4, 0.5) is 0 Å². The fourth-order valence-electron chi connectivity index (χ4n) is 0.922. The van der Waals surface area contributed by atoms with Crippen molar-refractivity contribution in [2.45, 2.75) is 12.8 Å². The molecule has 0 radical (unpaired) electrons. The van der Waals surface area contributed by atoms with Crippen LogP contribution in [0.2, 0.25) is 0 Å². The van der Waals surface area contributed by atoms with Crippen LogP contribution in [0.25, 0.3) is 0 Å². The highest BCUT2D eigenvalue weighted by Gasteiger charge is 1.95. The number of nitriles is 1. The largest absolute Gasteiger partial charge is 0.478 e. The highest BCUT2D eigenvalue weighted by molar-refractivity contribution is 5.28. The summed E-state index contributed by atoms with van der Waals surface area (Å²) in [4.78, 5) is 3.94. The van der Waals surface area contributed by atoms with E-state index in [1.54, 1.807) is 12.1 Å². The van der Waals surface area contributed by atoms with Gasteiger partial charge in [-0.05, 0) is 18.9 Å². The van der Waals surface area contributed by atoms with E-state index in [0.29, 0.717) is 18.1 Å². The van der Waals surface area contributed by atoms with E-state index in [-0.39, 0.29) is 6.61 Å². The number of rotatable bonds is 5. The zero-order valence-electron chi connectivity index (χ0n) is 7.81. The predicted molar refractivity (Wildman–Crippen MR) is 50.8 cm³/mol. The summed E-state index contributed by atoms with van der Waals surface area (Å²) in [6.07, 6.45) is 3.01. The van der Waals surface area contributed by atoms with Gasteiger partial charge in [0.1, 0.15) is 6.07 Å². The van der Waals surface area contributed by atoms with Gasteiger partial charge >= 0.3 is 0 Å². The van der Waals surface area contributed by atoms with Crippen molar-refractivity contribution in [2.24, 2.45) is 0 Å². The second-order valence-electron chi connectivity index (χ2n) is 2.78. The Hall–Kier alpha value is -1.60. The average Bonchev–Trinajstić information content (AvgIpc) is 2.25. The molecule has 0 spiro atoms. The summed E-state index contributed by atoms with van der Waals surface area (Å²) in [6, 6.07) is 5.30. The third-order valence-corrected chi connectivity index (χ3v) is 1.67. The van der Waals surface area contributed by atoms with Crippen molar-refractivity contribution in [2.75, 3.05) is 13.2 Å². The van der Waals surface area contributed by atoms with Gasteiger partial charge in [-0.25, -0.2) is 4.98 Å². The van der Waals surface area contributed by atoms with Crippen LogP contribution in [-0.2, 0) is 0 Å². The van der Waals surface area contributed by atoms with E-state index < -0.39 is 0 Å². The Kier molecular flexibility index (Phi) is 4.45. The second kappa shape index (κ2) is 5.95. The number of ether oxygens (including phenoxy) is 1. The number of aliphatic hydroxyl groups excluding tert-OH is 1. The average molecular weight is 192 g/mol. The first-order valence-corrected chi connectivity index (χ1v) is 4.46. The third kappa shape index (κ3) is 3.42. The van der Waals surface area contributed by atoms with E-state index in [4.69, 9.17) is 15.1 Å². The van der Waals surface area contributed by atoms with Crippen LogP contribution in [0, 0.1) is 11.3 Å². The zero-order chi connectivity index (χ0) is 10.2. The summed E-state index contributed by atoms with van der Waals surface area (Å²) in [5, 5.41) is 17.0. The van der Waals surface area contributed by atoms with Crippen LogP contribution >= 0.6 is 0 Å². The molecule has 14 heavy (non-hydrogen) atoms. The van der Waals surface area contributed by atoms with Gasteiger partial charge in [0, 0.05) is 18.9 Å². The minimum absolute atomic E-state index is 0.185. The molecule has 0 fully saturated rings. The second-order valence-corrected chi connectivity index (χ2v) is 2.78. The van der Waals surface area contributed by atoms with Crippen molar-refractivity contribution in [3.8, 4) is 11.9 Å². The van der Waals surface area contributed by atoms with E-state index >= 15 is 0 Å². The monoisotopic (exact) mass is 192 g/mol. The lowest BCUT2D eigenvalue weighted by molar-refractivity contribution is 0.249. The Bertz CT molecular complexity index is 303. The molecule has 0 amide bonds. The molecule has 0 aliphatic carbocycles. The first kappa shape index (κ1) is 10.5. The number of hydrogen-bond donors (Lipinski definition) is 1. The van der Waals surface area contributed by atoms with Gasteiger partial charge in [0.25, 0.3) is 0 Å². The van der Waals surface area contributed by atoms with Crippen molar-refractivity contribution < 1.29 is 9.84 Å². The molecule has 0 bridgehead atoms. The van der Waals surface area contributed by atoms with Crippen molar-refractivity contribution in [1.29, 1.82) is 5.26 Å². The highest BCUT2D eigenvalue weighted by atomic mass is 16.5. The number of unbranched alkanes of at least 4 members (excludes halogenated alkanes) is 1. The summed E-state index contributed by atoms with van der Waals surface area (Å²) in [7, 11) is 0. The van der Waals surface area contributed by atoms with Crippen molar-refractivity contribution >= 4 is 0 Å². The molecule has 4 heteroatoms. The number of pyridine rings is 1. The number of aromatic nitrogens is 1. The lowest BCUT2D eigenvalue weighted by atomic mass is 10.3. The molecule has 1 heterocycles. The molecule has 0 unspecified atom stereocenters. The molecule has 0 saturated carbocycles. The lowest BCUT2D eigenvalue weighted by Gasteiger charge is -2.03. The first-order valence-electron chi connectivity index (χ1n) is 4.46. The Morgan fingerprint density at radius 2 is 2.29 bits per heavy atom. The number of hydrogen-bond acceptors (Lipinski definition) is 4. The Morgan fingerprint density at radius 1 is 1.43 bits per heavy atom. The van der Waals surface area contributed by atoms with E-state index in [1.165, 1.54) is 6.20 Å². The van der Waals surface area contributed by atoms with Crippen LogP contribution in [0.1, 0.15) is 18.4 Å². The predicted octanol–water partition coefficient (Wildman–Crippen LogP) is 1.10. The summed E-state index contributed by atoms with van der Waals surface area (Å²) in [6.45, 7) is 0.726. The van der Waals surface area contributed by atoms with Crippen LogP contribution < -0.4 is 4.74 Å². The van der Waals surface area contributed by atoms with E-state index in [2.05, 4.69) is 4.98 Å². The van der Waals surface area contributed by atoms with Crippen LogP contribution in [0.3, 0.4) is 0 Å². The van der Waals surface area contributed by atoms with Crippen LogP contribution in [0.5, 0.6) is 5.88 Å². The SMILES string of the molecule is N#Cc1ccc(OCCCCO)nc1. The van der Waals surface area contributed by atoms with E-state index in [0.717, 1.165) is 12.8 Å². The molecule has 74 valence electrons. The zero-order valence-corrected chi connectivity index (χ0v) is 7.81. The van der Waals surface area contributed by atoms with Crippen molar-refractivity contribution in [3.63, 3.8) is 0 Å². The Morgan fingerprint density at radius 3 is 2.86 bits per heavy atom. The first-order chi connectivity index (χ1) is 6.86. The standard InChI is InChI=1S/C10H12N2O2/c11-7-9-3-4-10(12-8-9)14-6-2-1-5-13/h3-4,8,13H,1-2,5-6H2. The molecule has 1 aromatic rings. The van der Waals surface area contributed by atoms with Gasteiger partial charge in [-0.3, -0.25) is 0 Å². The molecular weight excluding hydrogens is 180 g/mol. The summed E-state index contributed by atoms with van der Waals surface area (Å²) in [5.41, 5.74) is 0.521. The lowest BCUT2D eigenvalue weighted by Crippen LogP contribution is -1.99. The van der Waals surface area contributed by atoms with Gasteiger partial charge in [-0.15, -0.1) is 0 Å². The fraction of sp³-hybridized carbons (Fsp3) is 0.400. The maximum absolute atomic E-state index is 8.52. The maximum atomic E-state index is 8.52. The molecule has 1 aromatic heterocycles.